The monoisotopic (exact) mass is 403 g/mol. The first-order valence-electron chi connectivity index (χ1n) is 6.26. The first-order valence-corrected chi connectivity index (χ1v) is 7.84. The summed E-state index contributed by atoms with van der Waals surface area (Å²) in [5.41, 5.74) is 16.4. The molecule has 1 aromatic carbocycles. The van der Waals surface area contributed by atoms with E-state index < -0.39 is 6.10 Å². The van der Waals surface area contributed by atoms with E-state index >= 15 is 0 Å². The molecule has 24 heavy (non-hydrogen) atoms. The molecule has 0 aromatic heterocycles. The molecule has 0 aliphatic carbocycles. The molecule has 12 heteroatoms. The summed E-state index contributed by atoms with van der Waals surface area (Å²) in [5.74, 6) is -0.252. The van der Waals surface area contributed by atoms with Crippen molar-refractivity contribution in [1.82, 2.24) is 10.9 Å². The Bertz CT molecular complexity index is 781. The van der Waals surface area contributed by atoms with Gasteiger partial charge in [-0.2, -0.15) is 10.2 Å². The Morgan fingerprint density at radius 1 is 1.17 bits per heavy atom. The Balaban J connectivity index is 2.48. The molecule has 1 aromatic rings. The fraction of sp³-hybridized carbons (Fsp3) is 0.0833. The molecular formula is C12H11Cl2N7OS2. The van der Waals surface area contributed by atoms with E-state index in [-0.39, 0.29) is 27.5 Å². The molecule has 7 N–H and O–H groups in total. The molecular weight excluding hydrogens is 393 g/mol. The lowest BCUT2D eigenvalue weighted by Crippen LogP contribution is -2.31. The van der Waals surface area contributed by atoms with Gasteiger partial charge in [0.25, 0.3) is 0 Å². The number of nitrogens with one attached hydrogen (secondary N) is 3. The zero-order valence-corrected chi connectivity index (χ0v) is 15.0. The average Bonchev–Trinajstić information content (AvgIpc) is 2.78. The van der Waals surface area contributed by atoms with E-state index in [1.807, 2.05) is 0 Å². The van der Waals surface area contributed by atoms with Crippen molar-refractivity contribution in [3.05, 3.63) is 33.8 Å². The Labute approximate surface area is 157 Å². The molecule has 1 heterocycles. The van der Waals surface area contributed by atoms with Gasteiger partial charge in [0.05, 0.1) is 0 Å². The lowest BCUT2D eigenvalue weighted by molar-refractivity contribution is 0.274. The zero-order valence-electron chi connectivity index (χ0n) is 11.8. The normalized spacial score (nSPS) is 20.1. The summed E-state index contributed by atoms with van der Waals surface area (Å²) in [4.78, 5) is 0. The Kier molecular flexibility index (Phi) is 5.89. The van der Waals surface area contributed by atoms with E-state index in [4.69, 9.17) is 57.0 Å². The van der Waals surface area contributed by atoms with Crippen LogP contribution in [0.4, 0.5) is 0 Å². The molecule has 126 valence electrons. The summed E-state index contributed by atoms with van der Waals surface area (Å²) in [6, 6.07) is 4.84. The minimum absolute atomic E-state index is 0.0662. The maximum atomic E-state index is 7.94. The number of benzene rings is 1. The first-order chi connectivity index (χ1) is 11.3. The van der Waals surface area contributed by atoms with E-state index in [2.05, 4.69) is 33.3 Å². The van der Waals surface area contributed by atoms with E-state index in [0.29, 0.717) is 15.6 Å². The second-order valence-corrected chi connectivity index (χ2v) is 6.13. The number of ether oxygens (including phenoxy) is 1. The summed E-state index contributed by atoms with van der Waals surface area (Å²) in [6.45, 7) is 0. The van der Waals surface area contributed by atoms with Crippen LogP contribution in [0.15, 0.2) is 28.4 Å². The standard InChI is InChI=1S/C12H11Cl2N7OS2/c13-4-1-2-5(6(14)3-4)9-7(18-20-11(16)23)8(10(15)22-9)19-21-12(17)24/h1-3,9,15H,(H3,16,20,23)(H3,17,21,24)/b15-10?,18-7-,19-8-. The van der Waals surface area contributed by atoms with Gasteiger partial charge >= 0.3 is 0 Å². The third-order valence-corrected chi connectivity index (χ3v) is 3.50. The molecule has 8 nitrogen and oxygen atoms in total. The quantitative estimate of drug-likeness (QED) is 0.380. The number of nitrogens with two attached hydrogens (primary N) is 2. The van der Waals surface area contributed by atoms with Crippen LogP contribution in [-0.4, -0.2) is 27.5 Å². The number of hydrazone groups is 2. The van der Waals surface area contributed by atoms with Crippen molar-refractivity contribution in [2.24, 2.45) is 21.7 Å². The number of rotatable bonds is 3. The highest BCUT2D eigenvalue weighted by molar-refractivity contribution is 7.80. The van der Waals surface area contributed by atoms with Gasteiger partial charge in [-0.3, -0.25) is 16.3 Å². The number of hydrogen-bond acceptors (Lipinski definition) is 6. The summed E-state index contributed by atoms with van der Waals surface area (Å²) in [7, 11) is 0. The number of nitrogens with zero attached hydrogens (tertiary/aromatic N) is 2. The number of halogens is 2. The summed E-state index contributed by atoms with van der Waals surface area (Å²) >= 11 is 21.5. The molecule has 1 aliphatic rings. The highest BCUT2D eigenvalue weighted by Crippen LogP contribution is 2.33. The lowest BCUT2D eigenvalue weighted by Gasteiger charge is -2.12. The van der Waals surface area contributed by atoms with Gasteiger partial charge in [-0.15, -0.1) is 0 Å². The fourth-order valence-electron chi connectivity index (χ4n) is 1.84. The molecule has 2 rings (SSSR count). The first kappa shape index (κ1) is 18.3. The van der Waals surface area contributed by atoms with Gasteiger partial charge in [0.2, 0.25) is 5.90 Å². The van der Waals surface area contributed by atoms with E-state index in [1.54, 1.807) is 18.2 Å². The van der Waals surface area contributed by atoms with Gasteiger partial charge < -0.3 is 16.2 Å². The fourth-order valence-corrected chi connectivity index (χ4v) is 2.44. The van der Waals surface area contributed by atoms with E-state index in [9.17, 15) is 0 Å². The number of thiocarbonyl (C=S) groups is 2. The maximum Gasteiger partial charge on any atom is 0.237 e. The van der Waals surface area contributed by atoms with Gasteiger partial charge in [-0.05, 0) is 36.6 Å². The van der Waals surface area contributed by atoms with E-state index in [1.165, 1.54) is 0 Å². The van der Waals surface area contributed by atoms with Crippen LogP contribution in [-0.2, 0) is 4.74 Å². The number of hydrogen-bond donors (Lipinski definition) is 5. The molecule has 0 bridgehead atoms. The van der Waals surface area contributed by atoms with Crippen LogP contribution in [0.5, 0.6) is 0 Å². The summed E-state index contributed by atoms with van der Waals surface area (Å²) < 4.78 is 5.50. The molecule has 0 saturated carbocycles. The minimum Gasteiger partial charge on any atom is -0.461 e. The Morgan fingerprint density at radius 3 is 2.38 bits per heavy atom. The second kappa shape index (κ2) is 7.71. The molecule has 1 fully saturated rings. The van der Waals surface area contributed by atoms with Crippen molar-refractivity contribution >= 4 is 75.2 Å². The predicted molar refractivity (Wildman–Crippen MR) is 103 cm³/mol. The molecule has 0 amide bonds. The maximum absolute atomic E-state index is 7.94. The Hall–Kier alpha value is -2.01. The summed E-state index contributed by atoms with van der Waals surface area (Å²) in [6.07, 6.45) is -0.809. The van der Waals surface area contributed by atoms with Crippen LogP contribution < -0.4 is 22.3 Å². The third kappa shape index (κ3) is 4.29. The highest BCUT2D eigenvalue weighted by atomic mass is 35.5. The van der Waals surface area contributed by atoms with Crippen molar-refractivity contribution in [2.45, 2.75) is 6.10 Å². The molecule has 1 unspecified atom stereocenters. The second-order valence-electron chi connectivity index (χ2n) is 4.40. The van der Waals surface area contributed by atoms with Crippen LogP contribution in [0.1, 0.15) is 11.7 Å². The zero-order chi connectivity index (χ0) is 17.9. The predicted octanol–water partition coefficient (Wildman–Crippen LogP) is 1.42. The van der Waals surface area contributed by atoms with Gasteiger partial charge in [0, 0.05) is 15.6 Å². The van der Waals surface area contributed by atoms with Crippen molar-refractivity contribution < 1.29 is 4.74 Å². The highest BCUT2D eigenvalue weighted by Gasteiger charge is 2.38. The average molecular weight is 404 g/mol. The van der Waals surface area contributed by atoms with Crippen LogP contribution in [0, 0.1) is 5.41 Å². The smallest absolute Gasteiger partial charge is 0.237 e. The van der Waals surface area contributed by atoms with Crippen LogP contribution in [0.25, 0.3) is 0 Å². The van der Waals surface area contributed by atoms with Crippen molar-refractivity contribution in [3.8, 4) is 0 Å². The lowest BCUT2D eigenvalue weighted by atomic mass is 10.0. The van der Waals surface area contributed by atoms with E-state index in [0.717, 1.165) is 0 Å². The van der Waals surface area contributed by atoms with Crippen molar-refractivity contribution in [3.63, 3.8) is 0 Å². The topological polar surface area (TPSA) is 134 Å². The molecule has 1 atom stereocenters. The third-order valence-electron chi connectivity index (χ3n) is 2.75. The van der Waals surface area contributed by atoms with Gasteiger partial charge in [-0.1, -0.05) is 29.3 Å². The van der Waals surface area contributed by atoms with Crippen molar-refractivity contribution in [1.29, 1.82) is 5.41 Å². The molecule has 0 spiro atoms. The van der Waals surface area contributed by atoms with Gasteiger partial charge in [0.1, 0.15) is 5.71 Å². The van der Waals surface area contributed by atoms with Crippen LogP contribution in [0.3, 0.4) is 0 Å². The molecule has 1 aliphatic heterocycles. The largest absolute Gasteiger partial charge is 0.461 e. The Morgan fingerprint density at radius 2 is 1.79 bits per heavy atom. The summed E-state index contributed by atoms with van der Waals surface area (Å²) in [5, 5.41) is 16.5. The van der Waals surface area contributed by atoms with Gasteiger partial charge in [0.15, 0.2) is 22.0 Å². The van der Waals surface area contributed by atoms with Crippen LogP contribution >= 0.6 is 47.6 Å². The minimum atomic E-state index is -0.809. The van der Waals surface area contributed by atoms with Gasteiger partial charge in [-0.25, -0.2) is 0 Å². The van der Waals surface area contributed by atoms with Crippen LogP contribution in [0.2, 0.25) is 10.0 Å². The SMILES string of the molecule is N=C1OC(c2ccc(Cl)cc2Cl)C(=N\NC(N)=S)/C1=N/NC(N)=S. The van der Waals surface area contributed by atoms with Crippen molar-refractivity contribution in [2.75, 3.05) is 0 Å². The molecule has 0 radical (unpaired) electrons. The molecule has 1 saturated heterocycles.